The third-order valence-electron chi connectivity index (χ3n) is 5.18. The zero-order valence-electron chi connectivity index (χ0n) is 16.5. The van der Waals surface area contributed by atoms with Crippen molar-refractivity contribution in [1.82, 2.24) is 10.6 Å². The van der Waals surface area contributed by atoms with E-state index in [1.165, 1.54) is 5.56 Å². The van der Waals surface area contributed by atoms with E-state index in [1.54, 1.807) is 14.0 Å². The lowest BCUT2D eigenvalue weighted by atomic mass is 9.95. The Balaban J connectivity index is 1.55. The smallest absolute Gasteiger partial charge is 0.349 e. The van der Waals surface area contributed by atoms with Crippen LogP contribution in [0.2, 0.25) is 0 Å². The second-order valence-corrected chi connectivity index (χ2v) is 7.25. The van der Waals surface area contributed by atoms with Crippen LogP contribution < -0.4 is 21.0 Å². The van der Waals surface area contributed by atoms with E-state index < -0.39 is 5.63 Å². The highest BCUT2D eigenvalue weighted by Gasteiger charge is 2.22. The number of amides is 1. The van der Waals surface area contributed by atoms with Crippen molar-refractivity contribution < 1.29 is 13.9 Å². The summed E-state index contributed by atoms with van der Waals surface area (Å²) < 4.78 is 10.6. The summed E-state index contributed by atoms with van der Waals surface area (Å²) in [6, 6.07) is 9.71. The Morgan fingerprint density at radius 3 is 2.75 bits per heavy atom. The third-order valence-corrected chi connectivity index (χ3v) is 5.18. The van der Waals surface area contributed by atoms with E-state index in [9.17, 15) is 9.59 Å². The van der Waals surface area contributed by atoms with Crippen LogP contribution in [0, 0.1) is 6.92 Å². The van der Waals surface area contributed by atoms with Gasteiger partial charge in [0.15, 0.2) is 0 Å². The van der Waals surface area contributed by atoms with Crippen molar-refractivity contribution in [3.05, 3.63) is 63.2 Å². The Morgan fingerprint density at radius 2 is 2.11 bits per heavy atom. The van der Waals surface area contributed by atoms with E-state index >= 15 is 0 Å². The Labute approximate surface area is 165 Å². The largest absolute Gasteiger partial charge is 0.497 e. The van der Waals surface area contributed by atoms with Crippen LogP contribution in [0.3, 0.4) is 0 Å². The summed E-state index contributed by atoms with van der Waals surface area (Å²) in [6.45, 7) is 4.09. The van der Waals surface area contributed by atoms with Crippen molar-refractivity contribution in [3.63, 3.8) is 0 Å². The summed E-state index contributed by atoms with van der Waals surface area (Å²) in [4.78, 5) is 24.9. The molecule has 2 heterocycles. The van der Waals surface area contributed by atoms with Gasteiger partial charge < -0.3 is 19.8 Å². The molecule has 28 heavy (non-hydrogen) atoms. The topological polar surface area (TPSA) is 80.6 Å². The highest BCUT2D eigenvalue weighted by atomic mass is 16.5. The van der Waals surface area contributed by atoms with Gasteiger partial charge in [0.1, 0.15) is 17.1 Å². The van der Waals surface area contributed by atoms with Gasteiger partial charge in [-0.3, -0.25) is 4.79 Å². The van der Waals surface area contributed by atoms with Gasteiger partial charge in [0.25, 0.3) is 5.91 Å². The molecule has 1 aromatic carbocycles. The fourth-order valence-electron chi connectivity index (χ4n) is 3.58. The fraction of sp³-hybridized carbons (Fsp3) is 0.455. The number of benzene rings is 1. The van der Waals surface area contributed by atoms with E-state index in [4.69, 9.17) is 9.15 Å². The molecule has 1 amide bonds. The minimum absolute atomic E-state index is 0.108. The number of carbonyl (C=O) groups is 1. The first-order chi connectivity index (χ1) is 13.6. The Bertz CT molecular complexity index is 852. The summed E-state index contributed by atoms with van der Waals surface area (Å²) >= 11 is 0. The molecule has 0 saturated carbocycles. The van der Waals surface area contributed by atoms with Crippen LogP contribution in [0.4, 0.5) is 0 Å². The molecule has 6 nitrogen and oxygen atoms in total. The number of carbonyl (C=O) groups excluding carboxylic acids is 1. The molecule has 1 aliphatic heterocycles. The van der Waals surface area contributed by atoms with Crippen LogP contribution in [-0.2, 0) is 6.42 Å². The lowest BCUT2D eigenvalue weighted by Crippen LogP contribution is -2.32. The maximum absolute atomic E-state index is 12.5. The molecule has 1 fully saturated rings. The number of hydrogen-bond acceptors (Lipinski definition) is 5. The number of ether oxygens (including phenoxy) is 1. The highest BCUT2D eigenvalue weighted by molar-refractivity contribution is 5.95. The Kier molecular flexibility index (Phi) is 6.87. The van der Waals surface area contributed by atoms with E-state index in [-0.39, 0.29) is 17.4 Å². The SMILES string of the molecule is COc1ccc(CCCNC(=O)c2c(C)cc(C3CCCNC3)oc2=O)cc1. The third kappa shape index (κ3) is 5.01. The Hall–Kier alpha value is -2.60. The summed E-state index contributed by atoms with van der Waals surface area (Å²) in [5.41, 5.74) is 1.41. The zero-order valence-corrected chi connectivity index (χ0v) is 16.5. The van der Waals surface area contributed by atoms with Crippen molar-refractivity contribution in [2.45, 2.75) is 38.5 Å². The molecule has 6 heteroatoms. The molecule has 2 aromatic rings. The van der Waals surface area contributed by atoms with Crippen molar-refractivity contribution in [2.75, 3.05) is 26.7 Å². The number of hydrogen-bond donors (Lipinski definition) is 2. The number of nitrogens with one attached hydrogen (secondary N) is 2. The van der Waals surface area contributed by atoms with Gasteiger partial charge in [-0.15, -0.1) is 0 Å². The standard InChI is InChI=1S/C22H28N2O4/c1-15-13-19(17-6-4-11-23-14-17)28-22(26)20(15)21(25)24-12-3-5-16-7-9-18(27-2)10-8-16/h7-10,13,17,23H,3-6,11-12,14H2,1-2H3,(H,24,25). The monoisotopic (exact) mass is 384 g/mol. The van der Waals surface area contributed by atoms with Crippen molar-refractivity contribution in [3.8, 4) is 5.75 Å². The van der Waals surface area contributed by atoms with E-state index in [2.05, 4.69) is 10.6 Å². The van der Waals surface area contributed by atoms with Gasteiger partial charge in [-0.05, 0) is 68.5 Å². The molecule has 0 spiro atoms. The zero-order chi connectivity index (χ0) is 19.9. The first-order valence-corrected chi connectivity index (χ1v) is 9.85. The van der Waals surface area contributed by atoms with Crippen molar-refractivity contribution in [2.24, 2.45) is 0 Å². The molecule has 1 aromatic heterocycles. The molecule has 1 saturated heterocycles. The lowest BCUT2D eigenvalue weighted by molar-refractivity contribution is 0.0948. The van der Waals surface area contributed by atoms with Gasteiger partial charge in [0.05, 0.1) is 7.11 Å². The maximum Gasteiger partial charge on any atom is 0.349 e. The molecule has 150 valence electrons. The van der Waals surface area contributed by atoms with Crippen LogP contribution in [0.25, 0.3) is 0 Å². The lowest BCUT2D eigenvalue weighted by Gasteiger charge is -2.22. The van der Waals surface area contributed by atoms with Gasteiger partial charge in [-0.1, -0.05) is 12.1 Å². The summed E-state index contributed by atoms with van der Waals surface area (Å²) in [5, 5.41) is 6.15. The quantitative estimate of drug-likeness (QED) is 0.718. The number of methoxy groups -OCH3 is 1. The molecule has 3 rings (SSSR count). The van der Waals surface area contributed by atoms with Crippen LogP contribution in [0.5, 0.6) is 5.75 Å². The first kappa shape index (κ1) is 20.1. The van der Waals surface area contributed by atoms with Crippen LogP contribution in [0.1, 0.15) is 52.4 Å². The summed E-state index contributed by atoms with van der Waals surface area (Å²) in [7, 11) is 1.64. The molecule has 0 radical (unpaired) electrons. The number of piperidine rings is 1. The Morgan fingerprint density at radius 1 is 1.32 bits per heavy atom. The molecule has 1 unspecified atom stereocenters. The molecular weight excluding hydrogens is 356 g/mol. The normalized spacial score (nSPS) is 16.6. The van der Waals surface area contributed by atoms with E-state index in [0.29, 0.717) is 17.9 Å². The molecule has 0 bridgehead atoms. The van der Waals surface area contributed by atoms with Gasteiger partial charge in [0, 0.05) is 19.0 Å². The van der Waals surface area contributed by atoms with Crippen LogP contribution in [-0.4, -0.2) is 32.7 Å². The van der Waals surface area contributed by atoms with Crippen LogP contribution in [0.15, 0.2) is 39.5 Å². The predicted octanol–water partition coefficient (Wildman–Crippen LogP) is 2.79. The van der Waals surface area contributed by atoms with Gasteiger partial charge in [-0.2, -0.15) is 0 Å². The average molecular weight is 384 g/mol. The molecule has 1 atom stereocenters. The van der Waals surface area contributed by atoms with Crippen molar-refractivity contribution in [1.29, 1.82) is 0 Å². The fourth-order valence-corrected chi connectivity index (χ4v) is 3.58. The highest BCUT2D eigenvalue weighted by Crippen LogP contribution is 2.23. The summed E-state index contributed by atoms with van der Waals surface area (Å²) in [6.07, 6.45) is 3.68. The minimum atomic E-state index is -0.548. The molecule has 0 aliphatic carbocycles. The molecule has 2 N–H and O–H groups in total. The second-order valence-electron chi connectivity index (χ2n) is 7.25. The average Bonchev–Trinajstić information content (AvgIpc) is 2.72. The van der Waals surface area contributed by atoms with Crippen LogP contribution >= 0.6 is 0 Å². The van der Waals surface area contributed by atoms with Crippen molar-refractivity contribution >= 4 is 5.91 Å². The first-order valence-electron chi connectivity index (χ1n) is 9.85. The molecular formula is C22H28N2O4. The predicted molar refractivity (Wildman–Crippen MR) is 108 cm³/mol. The number of aryl methyl sites for hydroxylation is 2. The van der Waals surface area contributed by atoms with Gasteiger partial charge in [-0.25, -0.2) is 4.79 Å². The summed E-state index contributed by atoms with van der Waals surface area (Å²) in [5.74, 6) is 1.33. The minimum Gasteiger partial charge on any atom is -0.497 e. The number of rotatable bonds is 7. The van der Waals surface area contributed by atoms with Gasteiger partial charge >= 0.3 is 5.63 Å². The second kappa shape index (κ2) is 9.55. The van der Waals surface area contributed by atoms with E-state index in [1.807, 2.05) is 30.3 Å². The molecule has 1 aliphatic rings. The van der Waals surface area contributed by atoms with Gasteiger partial charge in [0.2, 0.25) is 0 Å². The maximum atomic E-state index is 12.5. The van der Waals surface area contributed by atoms with E-state index in [0.717, 1.165) is 44.5 Å².